The Morgan fingerprint density at radius 1 is 1.32 bits per heavy atom. The minimum Gasteiger partial charge on any atom is -0.497 e. The Balaban J connectivity index is 2.08. The lowest BCUT2D eigenvalue weighted by molar-refractivity contribution is 0.303. The quantitative estimate of drug-likeness (QED) is 0.811. The molecular weight excluding hydrogens is 308 g/mol. The van der Waals surface area contributed by atoms with Crippen molar-refractivity contribution in [3.8, 4) is 17.6 Å². The van der Waals surface area contributed by atoms with Gasteiger partial charge in [0.2, 0.25) is 0 Å². The van der Waals surface area contributed by atoms with Gasteiger partial charge in [0.15, 0.2) is 5.75 Å². The van der Waals surface area contributed by atoms with Crippen molar-refractivity contribution in [2.24, 2.45) is 0 Å². The number of hydrogen-bond acceptors (Lipinski definition) is 4. The van der Waals surface area contributed by atoms with Crippen molar-refractivity contribution in [1.82, 2.24) is 4.98 Å². The van der Waals surface area contributed by atoms with Crippen LogP contribution >= 0.6 is 15.9 Å². The molecule has 0 atom stereocenters. The molecule has 0 unspecified atom stereocenters. The molecule has 0 saturated heterocycles. The maximum Gasteiger partial charge on any atom is 0.155 e. The predicted octanol–water partition coefficient (Wildman–Crippen LogP) is 3.30. The number of pyridine rings is 1. The average molecular weight is 319 g/mol. The van der Waals surface area contributed by atoms with E-state index in [0.29, 0.717) is 22.5 Å². The van der Waals surface area contributed by atoms with E-state index in [9.17, 15) is 0 Å². The van der Waals surface area contributed by atoms with E-state index >= 15 is 0 Å². The highest BCUT2D eigenvalue weighted by atomic mass is 79.9. The van der Waals surface area contributed by atoms with E-state index in [1.54, 1.807) is 13.2 Å². The number of halogens is 1. The normalized spacial score (nSPS) is 9.74. The number of hydrogen-bond donors (Lipinski definition) is 0. The van der Waals surface area contributed by atoms with Crippen molar-refractivity contribution in [2.75, 3.05) is 7.11 Å². The fraction of sp³-hybridized carbons (Fsp3) is 0.143. The van der Waals surface area contributed by atoms with Crippen LogP contribution in [0.5, 0.6) is 11.5 Å². The summed E-state index contributed by atoms with van der Waals surface area (Å²) in [4.78, 5) is 4.05. The maximum atomic E-state index is 9.01. The van der Waals surface area contributed by atoms with Gasteiger partial charge in [0.1, 0.15) is 23.0 Å². The van der Waals surface area contributed by atoms with Crippen LogP contribution in [0.1, 0.15) is 11.1 Å². The molecule has 0 bridgehead atoms. The standard InChI is InChI=1S/C14H11BrN2O2/c1-18-12-4-2-10(3-5-12)9-19-13-8-17-14(15)6-11(13)7-16/h2-6,8H,9H2,1H3. The first-order valence-electron chi connectivity index (χ1n) is 5.54. The first-order valence-corrected chi connectivity index (χ1v) is 6.33. The molecule has 1 aromatic carbocycles. The van der Waals surface area contributed by atoms with Gasteiger partial charge in [0, 0.05) is 0 Å². The fourth-order valence-electron chi connectivity index (χ4n) is 1.50. The summed E-state index contributed by atoms with van der Waals surface area (Å²) in [6.07, 6.45) is 1.53. The molecule has 0 aliphatic carbocycles. The van der Waals surface area contributed by atoms with Crippen LogP contribution in [0.2, 0.25) is 0 Å². The first-order chi connectivity index (χ1) is 9.22. The molecule has 0 fully saturated rings. The molecule has 96 valence electrons. The summed E-state index contributed by atoms with van der Waals surface area (Å²) in [5, 5.41) is 9.01. The molecule has 0 aliphatic heterocycles. The highest BCUT2D eigenvalue weighted by molar-refractivity contribution is 9.10. The molecule has 2 aromatic rings. The zero-order chi connectivity index (χ0) is 13.7. The fourth-order valence-corrected chi connectivity index (χ4v) is 1.83. The molecule has 0 amide bonds. The summed E-state index contributed by atoms with van der Waals surface area (Å²) in [6, 6.07) is 11.3. The molecule has 1 heterocycles. The van der Waals surface area contributed by atoms with Gasteiger partial charge in [0.05, 0.1) is 18.9 Å². The summed E-state index contributed by atoms with van der Waals surface area (Å²) in [5.74, 6) is 1.27. The Bertz CT molecular complexity index is 606. The summed E-state index contributed by atoms with van der Waals surface area (Å²) < 4.78 is 11.3. The summed E-state index contributed by atoms with van der Waals surface area (Å²) in [7, 11) is 1.62. The van der Waals surface area contributed by atoms with Crippen LogP contribution in [0, 0.1) is 11.3 Å². The van der Waals surface area contributed by atoms with Crippen molar-refractivity contribution in [3.63, 3.8) is 0 Å². The Morgan fingerprint density at radius 3 is 2.68 bits per heavy atom. The van der Waals surface area contributed by atoms with Crippen LogP contribution in [-0.2, 0) is 6.61 Å². The van der Waals surface area contributed by atoms with Crippen LogP contribution in [-0.4, -0.2) is 12.1 Å². The van der Waals surface area contributed by atoms with Gasteiger partial charge >= 0.3 is 0 Å². The number of benzene rings is 1. The minimum absolute atomic E-state index is 0.377. The largest absolute Gasteiger partial charge is 0.497 e. The molecule has 2 rings (SSSR count). The van der Waals surface area contributed by atoms with Crippen LogP contribution in [0.4, 0.5) is 0 Å². The van der Waals surface area contributed by atoms with E-state index in [2.05, 4.69) is 27.0 Å². The van der Waals surface area contributed by atoms with Gasteiger partial charge in [-0.25, -0.2) is 4.98 Å². The van der Waals surface area contributed by atoms with E-state index < -0.39 is 0 Å². The monoisotopic (exact) mass is 318 g/mol. The SMILES string of the molecule is COc1ccc(COc2cnc(Br)cc2C#N)cc1. The molecule has 0 radical (unpaired) electrons. The molecule has 0 aliphatic rings. The molecule has 19 heavy (non-hydrogen) atoms. The molecule has 0 spiro atoms. The zero-order valence-corrected chi connectivity index (χ0v) is 11.8. The Hall–Kier alpha value is -2.06. The van der Waals surface area contributed by atoms with Gasteiger partial charge in [-0.2, -0.15) is 5.26 Å². The van der Waals surface area contributed by atoms with Gasteiger partial charge < -0.3 is 9.47 Å². The second-order valence-corrected chi connectivity index (χ2v) is 4.56. The van der Waals surface area contributed by atoms with Gasteiger partial charge in [-0.3, -0.25) is 0 Å². The third-order valence-corrected chi connectivity index (χ3v) is 2.94. The summed E-state index contributed by atoms with van der Waals surface area (Å²) in [6.45, 7) is 0.377. The molecule has 0 saturated carbocycles. The van der Waals surface area contributed by atoms with E-state index in [-0.39, 0.29) is 0 Å². The van der Waals surface area contributed by atoms with E-state index in [0.717, 1.165) is 11.3 Å². The van der Waals surface area contributed by atoms with E-state index in [4.69, 9.17) is 14.7 Å². The molecule has 5 heteroatoms. The number of aromatic nitrogens is 1. The number of nitrogens with zero attached hydrogens (tertiary/aromatic N) is 2. The van der Waals surface area contributed by atoms with Crippen molar-refractivity contribution < 1.29 is 9.47 Å². The maximum absolute atomic E-state index is 9.01. The lowest BCUT2D eigenvalue weighted by Crippen LogP contribution is -1.98. The average Bonchev–Trinajstić information content (AvgIpc) is 2.46. The Kier molecular flexibility index (Phi) is 4.37. The molecule has 1 aromatic heterocycles. The second kappa shape index (κ2) is 6.21. The Morgan fingerprint density at radius 2 is 2.05 bits per heavy atom. The van der Waals surface area contributed by atoms with Gasteiger partial charge in [-0.05, 0) is 39.7 Å². The van der Waals surface area contributed by atoms with Crippen molar-refractivity contribution in [1.29, 1.82) is 5.26 Å². The van der Waals surface area contributed by atoms with Crippen LogP contribution in [0.25, 0.3) is 0 Å². The van der Waals surface area contributed by atoms with Crippen molar-refractivity contribution in [3.05, 3.63) is 52.3 Å². The smallest absolute Gasteiger partial charge is 0.155 e. The third-order valence-electron chi connectivity index (χ3n) is 2.51. The first kappa shape index (κ1) is 13.4. The predicted molar refractivity (Wildman–Crippen MR) is 74.0 cm³/mol. The Labute approximate surface area is 119 Å². The van der Waals surface area contributed by atoms with E-state index in [1.165, 1.54) is 6.20 Å². The lowest BCUT2D eigenvalue weighted by Gasteiger charge is -2.08. The number of nitriles is 1. The summed E-state index contributed by atoms with van der Waals surface area (Å²) >= 11 is 3.22. The highest BCUT2D eigenvalue weighted by Crippen LogP contribution is 2.21. The molecule has 0 N–H and O–H groups in total. The van der Waals surface area contributed by atoms with Gasteiger partial charge in [-0.15, -0.1) is 0 Å². The van der Waals surface area contributed by atoms with Gasteiger partial charge in [0.25, 0.3) is 0 Å². The highest BCUT2D eigenvalue weighted by Gasteiger charge is 2.05. The summed E-state index contributed by atoms with van der Waals surface area (Å²) in [5.41, 5.74) is 1.45. The lowest BCUT2D eigenvalue weighted by atomic mass is 10.2. The molecule has 4 nitrogen and oxygen atoms in total. The van der Waals surface area contributed by atoms with E-state index in [1.807, 2.05) is 24.3 Å². The third kappa shape index (κ3) is 3.46. The zero-order valence-electron chi connectivity index (χ0n) is 10.3. The second-order valence-electron chi connectivity index (χ2n) is 3.75. The van der Waals surface area contributed by atoms with Crippen molar-refractivity contribution in [2.45, 2.75) is 6.61 Å². The minimum atomic E-state index is 0.377. The number of methoxy groups -OCH3 is 1. The van der Waals surface area contributed by atoms with Crippen LogP contribution < -0.4 is 9.47 Å². The van der Waals surface area contributed by atoms with Crippen LogP contribution in [0.3, 0.4) is 0 Å². The topological polar surface area (TPSA) is 55.1 Å². The number of rotatable bonds is 4. The van der Waals surface area contributed by atoms with Crippen LogP contribution in [0.15, 0.2) is 41.1 Å². The number of ether oxygens (including phenoxy) is 2. The van der Waals surface area contributed by atoms with Gasteiger partial charge in [-0.1, -0.05) is 12.1 Å². The van der Waals surface area contributed by atoms with Crippen molar-refractivity contribution >= 4 is 15.9 Å². The molecular formula is C14H11BrN2O2.